The molecule has 0 radical (unpaired) electrons. The summed E-state index contributed by atoms with van der Waals surface area (Å²) in [5.74, 6) is -14.9. The summed E-state index contributed by atoms with van der Waals surface area (Å²) in [7, 11) is 0. The average molecular weight is 295 g/mol. The zero-order valence-electron chi connectivity index (χ0n) is 9.61. The van der Waals surface area contributed by atoms with Gasteiger partial charge < -0.3 is 5.73 Å². The molecule has 1 aliphatic rings. The lowest BCUT2D eigenvalue weighted by atomic mass is 9.77. The van der Waals surface area contributed by atoms with Crippen LogP contribution in [0.25, 0.3) is 0 Å². The number of nitrogens with two attached hydrogens (primary N) is 1. The minimum absolute atomic E-state index is 0.205. The summed E-state index contributed by atoms with van der Waals surface area (Å²) >= 11 is 0. The number of halogens is 7. The van der Waals surface area contributed by atoms with E-state index >= 15 is 0 Å². The van der Waals surface area contributed by atoms with Crippen molar-refractivity contribution < 1.29 is 35.5 Å². The Bertz CT molecular complexity index is 344. The van der Waals surface area contributed by atoms with E-state index in [1.54, 1.807) is 0 Å². The number of primary amides is 1. The van der Waals surface area contributed by atoms with Crippen molar-refractivity contribution >= 4 is 5.91 Å². The largest absolute Gasteiger partial charge is 0.459 e. The third-order valence-corrected chi connectivity index (χ3v) is 3.42. The van der Waals surface area contributed by atoms with Gasteiger partial charge in [0.05, 0.1) is 0 Å². The number of hydrogen-bond donors (Lipinski definition) is 1. The SMILES string of the molecule is NC(=O)C1CCC(C(F)(F)C(F)(F)C(F)(F)F)CC1. The Labute approximate surface area is 104 Å². The summed E-state index contributed by atoms with van der Waals surface area (Å²) in [6.07, 6.45) is -7.90. The second-order valence-electron chi connectivity index (χ2n) is 4.65. The van der Waals surface area contributed by atoms with Gasteiger partial charge in [-0.15, -0.1) is 0 Å². The molecule has 1 amide bonds. The van der Waals surface area contributed by atoms with Crippen molar-refractivity contribution in [2.75, 3.05) is 0 Å². The summed E-state index contributed by atoms with van der Waals surface area (Å²) in [6, 6.07) is 0. The van der Waals surface area contributed by atoms with Crippen LogP contribution in [0.2, 0.25) is 0 Å². The molecule has 19 heavy (non-hydrogen) atoms. The Morgan fingerprint density at radius 3 is 1.63 bits per heavy atom. The smallest absolute Gasteiger partial charge is 0.369 e. The number of amides is 1. The predicted octanol–water partition coefficient (Wildman–Crippen LogP) is 3.11. The van der Waals surface area contributed by atoms with Crippen molar-refractivity contribution in [1.82, 2.24) is 0 Å². The highest BCUT2D eigenvalue weighted by atomic mass is 19.4. The third kappa shape index (κ3) is 2.79. The minimum atomic E-state index is -6.31. The van der Waals surface area contributed by atoms with E-state index in [1.165, 1.54) is 0 Å². The van der Waals surface area contributed by atoms with Crippen molar-refractivity contribution in [2.45, 2.75) is 43.7 Å². The van der Waals surface area contributed by atoms with E-state index in [1.807, 2.05) is 0 Å². The zero-order valence-corrected chi connectivity index (χ0v) is 9.61. The fourth-order valence-electron chi connectivity index (χ4n) is 2.19. The fourth-order valence-corrected chi connectivity index (χ4v) is 2.19. The van der Waals surface area contributed by atoms with Gasteiger partial charge >= 0.3 is 18.0 Å². The third-order valence-electron chi connectivity index (χ3n) is 3.42. The first kappa shape index (κ1) is 16.0. The highest BCUT2D eigenvalue weighted by Gasteiger charge is 2.74. The van der Waals surface area contributed by atoms with Crippen LogP contribution in [0.4, 0.5) is 30.7 Å². The molecule has 0 saturated heterocycles. The molecule has 2 N–H and O–H groups in total. The van der Waals surface area contributed by atoms with Gasteiger partial charge in [-0.1, -0.05) is 0 Å². The minimum Gasteiger partial charge on any atom is -0.369 e. The van der Waals surface area contributed by atoms with E-state index in [4.69, 9.17) is 5.73 Å². The Morgan fingerprint density at radius 2 is 1.32 bits per heavy atom. The van der Waals surface area contributed by atoms with Gasteiger partial charge in [0.1, 0.15) is 0 Å². The Morgan fingerprint density at radius 1 is 0.895 bits per heavy atom. The van der Waals surface area contributed by atoms with E-state index in [9.17, 15) is 35.5 Å². The van der Waals surface area contributed by atoms with Crippen LogP contribution in [0.1, 0.15) is 25.7 Å². The van der Waals surface area contributed by atoms with Crippen molar-refractivity contribution in [1.29, 1.82) is 0 Å². The lowest BCUT2D eigenvalue weighted by Gasteiger charge is -2.37. The van der Waals surface area contributed by atoms with Crippen molar-refractivity contribution in [2.24, 2.45) is 17.6 Å². The molecule has 0 aromatic carbocycles. The zero-order chi connectivity index (χ0) is 15.1. The molecular formula is C10H12F7NO. The quantitative estimate of drug-likeness (QED) is 0.799. The molecule has 112 valence electrons. The maximum Gasteiger partial charge on any atom is 0.459 e. The molecule has 0 bridgehead atoms. The maximum atomic E-state index is 13.3. The summed E-state index contributed by atoms with van der Waals surface area (Å²) < 4.78 is 88.2. The summed E-state index contributed by atoms with van der Waals surface area (Å²) in [4.78, 5) is 10.8. The molecule has 2 nitrogen and oxygen atoms in total. The van der Waals surface area contributed by atoms with Crippen LogP contribution in [0.15, 0.2) is 0 Å². The summed E-state index contributed by atoms with van der Waals surface area (Å²) in [5, 5.41) is 0. The van der Waals surface area contributed by atoms with Crippen molar-refractivity contribution in [3.8, 4) is 0 Å². The highest BCUT2D eigenvalue weighted by molar-refractivity contribution is 5.76. The van der Waals surface area contributed by atoms with Crippen LogP contribution in [-0.2, 0) is 4.79 Å². The monoisotopic (exact) mass is 295 g/mol. The van der Waals surface area contributed by atoms with Gasteiger partial charge in [0, 0.05) is 11.8 Å². The molecule has 0 spiro atoms. The lowest BCUT2D eigenvalue weighted by Crippen LogP contribution is -2.56. The molecule has 1 rings (SSSR count). The molecule has 1 aliphatic carbocycles. The molecule has 0 aromatic rings. The van der Waals surface area contributed by atoms with Gasteiger partial charge in [0.15, 0.2) is 0 Å². The van der Waals surface area contributed by atoms with Crippen molar-refractivity contribution in [3.63, 3.8) is 0 Å². The second-order valence-corrected chi connectivity index (χ2v) is 4.65. The molecule has 0 unspecified atom stereocenters. The number of rotatable bonds is 3. The van der Waals surface area contributed by atoms with Crippen LogP contribution in [0.3, 0.4) is 0 Å². The van der Waals surface area contributed by atoms with Gasteiger partial charge in [-0.05, 0) is 25.7 Å². The van der Waals surface area contributed by atoms with Crippen LogP contribution < -0.4 is 5.73 Å². The standard InChI is InChI=1S/C10H12F7NO/c11-8(12,9(13,14)10(15,16)17)6-3-1-5(2-4-6)7(18)19/h5-6H,1-4H2,(H2,18,19). The molecule has 9 heteroatoms. The first-order valence-corrected chi connectivity index (χ1v) is 5.53. The molecule has 1 fully saturated rings. The molecule has 0 aromatic heterocycles. The molecular weight excluding hydrogens is 283 g/mol. The summed E-state index contributed by atoms with van der Waals surface area (Å²) in [5.41, 5.74) is 4.92. The number of carbonyl (C=O) groups is 1. The van der Waals surface area contributed by atoms with Gasteiger partial charge in [0.2, 0.25) is 5.91 Å². The van der Waals surface area contributed by atoms with E-state index in [-0.39, 0.29) is 12.8 Å². The van der Waals surface area contributed by atoms with Crippen LogP contribution >= 0.6 is 0 Å². The molecule has 0 atom stereocenters. The fraction of sp³-hybridized carbons (Fsp3) is 0.900. The predicted molar refractivity (Wildman–Crippen MR) is 50.6 cm³/mol. The maximum absolute atomic E-state index is 13.3. The van der Waals surface area contributed by atoms with Crippen molar-refractivity contribution in [3.05, 3.63) is 0 Å². The van der Waals surface area contributed by atoms with Gasteiger partial charge in [-0.2, -0.15) is 30.7 Å². The Balaban J connectivity index is 2.83. The van der Waals surface area contributed by atoms with Gasteiger partial charge in [-0.25, -0.2) is 0 Å². The van der Waals surface area contributed by atoms with E-state index < -0.39 is 48.6 Å². The summed E-state index contributed by atoms with van der Waals surface area (Å²) in [6.45, 7) is 0. The topological polar surface area (TPSA) is 43.1 Å². The van der Waals surface area contributed by atoms with Gasteiger partial charge in [0.25, 0.3) is 0 Å². The Hall–Kier alpha value is -1.02. The molecule has 1 saturated carbocycles. The number of alkyl halides is 7. The first-order valence-electron chi connectivity index (χ1n) is 5.53. The highest BCUT2D eigenvalue weighted by Crippen LogP contribution is 2.53. The van der Waals surface area contributed by atoms with E-state index in [0.29, 0.717) is 0 Å². The molecule has 0 aliphatic heterocycles. The van der Waals surface area contributed by atoms with Crippen LogP contribution in [0, 0.1) is 11.8 Å². The number of hydrogen-bond acceptors (Lipinski definition) is 1. The van der Waals surface area contributed by atoms with E-state index in [2.05, 4.69) is 0 Å². The van der Waals surface area contributed by atoms with Crippen LogP contribution in [0.5, 0.6) is 0 Å². The first-order chi connectivity index (χ1) is 8.41. The number of carbonyl (C=O) groups excluding carboxylic acids is 1. The normalized spacial score (nSPS) is 26.3. The second kappa shape index (κ2) is 4.82. The molecule has 0 heterocycles. The average Bonchev–Trinajstić information content (AvgIpc) is 2.27. The van der Waals surface area contributed by atoms with Crippen LogP contribution in [-0.4, -0.2) is 23.9 Å². The van der Waals surface area contributed by atoms with E-state index in [0.717, 1.165) is 0 Å². The van der Waals surface area contributed by atoms with Gasteiger partial charge in [-0.3, -0.25) is 4.79 Å². The lowest BCUT2D eigenvalue weighted by molar-refractivity contribution is -0.367. The Kier molecular flexibility index (Phi) is 4.07.